The van der Waals surface area contributed by atoms with Gasteiger partial charge >= 0.3 is 0 Å². The van der Waals surface area contributed by atoms with Gasteiger partial charge in [0, 0.05) is 45.4 Å². The Kier molecular flexibility index (Phi) is 6.00. The van der Waals surface area contributed by atoms with E-state index in [4.69, 9.17) is 4.74 Å². The molecule has 0 aromatic heterocycles. The third-order valence-electron chi connectivity index (χ3n) is 6.87. The van der Waals surface area contributed by atoms with Crippen molar-refractivity contribution >= 4 is 0 Å². The van der Waals surface area contributed by atoms with Gasteiger partial charge in [0.1, 0.15) is 0 Å². The van der Waals surface area contributed by atoms with Gasteiger partial charge in [-0.15, -0.1) is 0 Å². The fraction of sp³-hybridized carbons (Fsp3) is 1.00. The molecule has 4 nitrogen and oxygen atoms in total. The second-order valence-electron chi connectivity index (χ2n) is 8.41. The Balaban J connectivity index is 1.43. The van der Waals surface area contributed by atoms with Crippen LogP contribution < -0.4 is 0 Å². The molecular formula is C19H37N3O. The summed E-state index contributed by atoms with van der Waals surface area (Å²) < 4.78 is 5.43. The summed E-state index contributed by atoms with van der Waals surface area (Å²) >= 11 is 0. The van der Waals surface area contributed by atoms with Gasteiger partial charge in [-0.05, 0) is 71.5 Å². The maximum atomic E-state index is 5.43. The number of piperidine rings is 1. The van der Waals surface area contributed by atoms with Crippen LogP contribution in [-0.4, -0.2) is 86.3 Å². The van der Waals surface area contributed by atoms with Gasteiger partial charge in [-0.2, -0.15) is 0 Å². The number of hydrogen-bond acceptors (Lipinski definition) is 4. The standard InChI is InChI=1S/C19H37N3O/c1-15-16(2)22(14-18-11-19(12-18)23-4)10-9-21(15)13-17-5-7-20(3)8-6-17/h15-19H,5-14H2,1-4H3. The van der Waals surface area contributed by atoms with Crippen LogP contribution in [0.25, 0.3) is 0 Å². The number of hydrogen-bond donors (Lipinski definition) is 0. The van der Waals surface area contributed by atoms with Crippen LogP contribution in [0.3, 0.4) is 0 Å². The Bertz CT molecular complexity index is 364. The molecule has 3 rings (SSSR count). The molecule has 1 aliphatic carbocycles. The molecule has 0 bridgehead atoms. The van der Waals surface area contributed by atoms with Crippen molar-refractivity contribution in [1.29, 1.82) is 0 Å². The molecule has 3 aliphatic rings. The molecule has 2 heterocycles. The van der Waals surface area contributed by atoms with Crippen molar-refractivity contribution in [2.75, 3.05) is 53.4 Å². The molecule has 2 unspecified atom stereocenters. The van der Waals surface area contributed by atoms with E-state index in [2.05, 4.69) is 35.6 Å². The van der Waals surface area contributed by atoms with Gasteiger partial charge in [0.15, 0.2) is 0 Å². The summed E-state index contributed by atoms with van der Waals surface area (Å²) in [6.07, 6.45) is 5.86. The lowest BCUT2D eigenvalue weighted by Gasteiger charge is -2.49. The molecular weight excluding hydrogens is 286 g/mol. The van der Waals surface area contributed by atoms with Gasteiger partial charge in [-0.3, -0.25) is 9.80 Å². The Morgan fingerprint density at radius 1 is 0.826 bits per heavy atom. The van der Waals surface area contributed by atoms with Crippen molar-refractivity contribution in [3.8, 4) is 0 Å². The lowest BCUT2D eigenvalue weighted by Crippen LogP contribution is -2.59. The third kappa shape index (κ3) is 4.28. The predicted octanol–water partition coefficient (Wildman–Crippen LogP) is 2.15. The molecule has 0 aromatic carbocycles. The summed E-state index contributed by atoms with van der Waals surface area (Å²) in [7, 11) is 4.11. The van der Waals surface area contributed by atoms with Crippen LogP contribution in [0.15, 0.2) is 0 Å². The van der Waals surface area contributed by atoms with Gasteiger partial charge < -0.3 is 9.64 Å². The highest BCUT2D eigenvalue weighted by molar-refractivity contribution is 4.91. The van der Waals surface area contributed by atoms with Crippen molar-refractivity contribution in [3.05, 3.63) is 0 Å². The van der Waals surface area contributed by atoms with E-state index in [-0.39, 0.29) is 0 Å². The lowest BCUT2D eigenvalue weighted by molar-refractivity contribution is -0.0365. The number of nitrogens with zero attached hydrogens (tertiary/aromatic N) is 3. The molecule has 3 fully saturated rings. The zero-order valence-electron chi connectivity index (χ0n) is 15.7. The Morgan fingerprint density at radius 2 is 1.35 bits per heavy atom. The fourth-order valence-electron chi connectivity index (χ4n) is 4.71. The third-order valence-corrected chi connectivity index (χ3v) is 6.87. The molecule has 4 heteroatoms. The number of piperazine rings is 1. The zero-order chi connectivity index (χ0) is 16.4. The van der Waals surface area contributed by atoms with E-state index in [9.17, 15) is 0 Å². The highest BCUT2D eigenvalue weighted by Crippen LogP contribution is 2.32. The average molecular weight is 324 g/mol. The van der Waals surface area contributed by atoms with Crippen molar-refractivity contribution < 1.29 is 4.74 Å². The van der Waals surface area contributed by atoms with Gasteiger partial charge in [-0.25, -0.2) is 0 Å². The number of rotatable bonds is 5. The van der Waals surface area contributed by atoms with Crippen LogP contribution >= 0.6 is 0 Å². The number of likely N-dealkylation sites (tertiary alicyclic amines) is 1. The van der Waals surface area contributed by atoms with E-state index in [1.54, 1.807) is 0 Å². The summed E-state index contributed by atoms with van der Waals surface area (Å²) in [6, 6.07) is 1.39. The monoisotopic (exact) mass is 323 g/mol. The quantitative estimate of drug-likeness (QED) is 0.771. The molecule has 0 N–H and O–H groups in total. The van der Waals surface area contributed by atoms with E-state index in [0.29, 0.717) is 18.2 Å². The normalized spacial score (nSPS) is 38.6. The molecule has 2 saturated heterocycles. The number of methoxy groups -OCH3 is 1. The van der Waals surface area contributed by atoms with Gasteiger partial charge in [0.05, 0.1) is 6.10 Å². The van der Waals surface area contributed by atoms with Gasteiger partial charge in [0.2, 0.25) is 0 Å². The minimum Gasteiger partial charge on any atom is -0.381 e. The topological polar surface area (TPSA) is 19.0 Å². The van der Waals surface area contributed by atoms with Gasteiger partial charge in [0.25, 0.3) is 0 Å². The Morgan fingerprint density at radius 3 is 1.87 bits per heavy atom. The van der Waals surface area contributed by atoms with Crippen LogP contribution in [0.4, 0.5) is 0 Å². The molecule has 134 valence electrons. The zero-order valence-corrected chi connectivity index (χ0v) is 15.7. The largest absolute Gasteiger partial charge is 0.381 e. The molecule has 2 atom stereocenters. The first-order valence-corrected chi connectivity index (χ1v) is 9.76. The average Bonchev–Trinajstić information content (AvgIpc) is 2.51. The Hall–Kier alpha value is -0.160. The maximum Gasteiger partial charge on any atom is 0.0577 e. The fourth-order valence-corrected chi connectivity index (χ4v) is 4.71. The summed E-state index contributed by atoms with van der Waals surface area (Å²) in [5.41, 5.74) is 0. The summed E-state index contributed by atoms with van der Waals surface area (Å²) in [5.74, 6) is 1.79. The second kappa shape index (κ2) is 7.81. The molecule has 2 aliphatic heterocycles. The SMILES string of the molecule is COC1CC(CN2CCN(CC3CCN(C)CC3)C(C)C2C)C1. The van der Waals surface area contributed by atoms with E-state index in [1.165, 1.54) is 65.0 Å². The minimum absolute atomic E-state index is 0.540. The van der Waals surface area contributed by atoms with E-state index in [0.717, 1.165) is 11.8 Å². The molecule has 1 saturated carbocycles. The first-order valence-electron chi connectivity index (χ1n) is 9.76. The van der Waals surface area contributed by atoms with Crippen LogP contribution in [0, 0.1) is 11.8 Å². The van der Waals surface area contributed by atoms with Crippen LogP contribution in [0.2, 0.25) is 0 Å². The van der Waals surface area contributed by atoms with Crippen LogP contribution in [0.5, 0.6) is 0 Å². The molecule has 0 radical (unpaired) electrons. The molecule has 0 aromatic rings. The molecule has 23 heavy (non-hydrogen) atoms. The maximum absolute atomic E-state index is 5.43. The molecule has 0 amide bonds. The number of ether oxygens (including phenoxy) is 1. The first-order chi connectivity index (χ1) is 11.1. The minimum atomic E-state index is 0.540. The highest BCUT2D eigenvalue weighted by atomic mass is 16.5. The lowest BCUT2D eigenvalue weighted by atomic mass is 9.81. The van der Waals surface area contributed by atoms with Crippen molar-refractivity contribution in [3.63, 3.8) is 0 Å². The molecule has 0 spiro atoms. The smallest absolute Gasteiger partial charge is 0.0577 e. The van der Waals surface area contributed by atoms with Gasteiger partial charge in [-0.1, -0.05) is 0 Å². The first kappa shape index (κ1) is 17.7. The highest BCUT2D eigenvalue weighted by Gasteiger charge is 2.36. The predicted molar refractivity (Wildman–Crippen MR) is 95.8 cm³/mol. The summed E-state index contributed by atoms with van der Waals surface area (Å²) in [6.45, 7) is 12.6. The summed E-state index contributed by atoms with van der Waals surface area (Å²) in [5, 5.41) is 0. The van der Waals surface area contributed by atoms with E-state index < -0.39 is 0 Å². The van der Waals surface area contributed by atoms with Crippen LogP contribution in [-0.2, 0) is 4.74 Å². The van der Waals surface area contributed by atoms with Crippen molar-refractivity contribution in [2.24, 2.45) is 11.8 Å². The van der Waals surface area contributed by atoms with Crippen molar-refractivity contribution in [1.82, 2.24) is 14.7 Å². The summed E-state index contributed by atoms with van der Waals surface area (Å²) in [4.78, 5) is 7.99. The second-order valence-corrected chi connectivity index (χ2v) is 8.41. The Labute approximate surface area is 143 Å². The van der Waals surface area contributed by atoms with Crippen molar-refractivity contribution in [2.45, 2.75) is 57.7 Å². The van der Waals surface area contributed by atoms with Crippen LogP contribution in [0.1, 0.15) is 39.5 Å². The van der Waals surface area contributed by atoms with E-state index in [1.807, 2.05) is 7.11 Å². The van der Waals surface area contributed by atoms with E-state index >= 15 is 0 Å².